The van der Waals surface area contributed by atoms with Gasteiger partial charge in [-0.15, -0.1) is 0 Å². The van der Waals surface area contributed by atoms with E-state index in [2.05, 4.69) is 0 Å². The summed E-state index contributed by atoms with van der Waals surface area (Å²) < 4.78 is 48.8. The summed E-state index contributed by atoms with van der Waals surface area (Å²) in [6.07, 6.45) is -4.45. The zero-order valence-corrected chi connectivity index (χ0v) is 11.6. The van der Waals surface area contributed by atoms with Gasteiger partial charge in [-0.05, 0) is 49.9 Å². The molecule has 1 atom stereocenters. The molecule has 0 aliphatic heterocycles. The van der Waals surface area contributed by atoms with Crippen molar-refractivity contribution in [2.75, 3.05) is 11.5 Å². The molecule has 0 spiro atoms. The van der Waals surface area contributed by atoms with Gasteiger partial charge < -0.3 is 5.73 Å². The first-order valence-electron chi connectivity index (χ1n) is 5.37. The molecule has 1 rings (SSSR count). The Labute approximate surface area is 107 Å². The van der Waals surface area contributed by atoms with Crippen molar-refractivity contribution in [2.24, 2.45) is 0 Å². The largest absolute Gasteiger partial charge is 0.400 e. The molecule has 2 nitrogen and oxygen atoms in total. The van der Waals surface area contributed by atoms with E-state index < -0.39 is 22.7 Å². The first-order valence-corrected chi connectivity index (χ1v) is 6.69. The van der Waals surface area contributed by atoms with Crippen LogP contribution in [-0.4, -0.2) is 16.1 Å². The summed E-state index contributed by atoms with van der Waals surface area (Å²) in [5.74, 6) is -1.34. The summed E-state index contributed by atoms with van der Waals surface area (Å²) >= 11 is 0. The van der Waals surface area contributed by atoms with E-state index in [-0.39, 0.29) is 4.90 Å². The highest BCUT2D eigenvalue weighted by molar-refractivity contribution is 7.85. The van der Waals surface area contributed by atoms with Crippen LogP contribution in [0.4, 0.5) is 18.9 Å². The van der Waals surface area contributed by atoms with Gasteiger partial charge in [0.25, 0.3) is 0 Å². The number of halogens is 3. The number of anilines is 1. The predicted molar refractivity (Wildman–Crippen MR) is 67.1 cm³/mol. The van der Waals surface area contributed by atoms with Crippen molar-refractivity contribution in [3.63, 3.8) is 0 Å². The second-order valence-electron chi connectivity index (χ2n) is 4.35. The van der Waals surface area contributed by atoms with Crippen molar-refractivity contribution < 1.29 is 17.4 Å². The third-order valence-electron chi connectivity index (χ3n) is 3.14. The van der Waals surface area contributed by atoms with Crippen molar-refractivity contribution >= 4 is 16.5 Å². The van der Waals surface area contributed by atoms with Crippen LogP contribution in [0.3, 0.4) is 0 Å². The normalized spacial score (nSPS) is 13.7. The number of hydrogen-bond acceptors (Lipinski definition) is 2. The number of hydrogen-bond donors (Lipinski definition) is 1. The van der Waals surface area contributed by atoms with Crippen LogP contribution in [0.5, 0.6) is 0 Å². The van der Waals surface area contributed by atoms with E-state index in [1.165, 1.54) is 0 Å². The molecule has 18 heavy (non-hydrogen) atoms. The average molecular weight is 279 g/mol. The Morgan fingerprint density at radius 1 is 1.00 bits per heavy atom. The van der Waals surface area contributed by atoms with Gasteiger partial charge in [0.1, 0.15) is 5.75 Å². The highest BCUT2D eigenvalue weighted by Gasteiger charge is 2.32. The summed E-state index contributed by atoms with van der Waals surface area (Å²) in [4.78, 5) is 0.216. The van der Waals surface area contributed by atoms with Crippen molar-refractivity contribution in [1.29, 1.82) is 0 Å². The third kappa shape index (κ3) is 2.85. The van der Waals surface area contributed by atoms with Crippen LogP contribution in [0.2, 0.25) is 0 Å². The monoisotopic (exact) mass is 279 g/mol. The number of nitrogens with two attached hydrogens (primary N) is 1. The molecule has 1 aromatic carbocycles. The van der Waals surface area contributed by atoms with Gasteiger partial charge in [-0.1, -0.05) is 0 Å². The van der Waals surface area contributed by atoms with E-state index in [4.69, 9.17) is 5.73 Å². The van der Waals surface area contributed by atoms with Crippen molar-refractivity contribution in [1.82, 2.24) is 0 Å². The smallest absolute Gasteiger partial charge is 0.398 e. The molecule has 2 N–H and O–H groups in total. The Morgan fingerprint density at radius 3 is 1.94 bits per heavy atom. The lowest BCUT2D eigenvalue weighted by atomic mass is 9.99. The maximum atomic E-state index is 12.3. The molecule has 0 saturated carbocycles. The van der Waals surface area contributed by atoms with E-state index in [1.807, 2.05) is 0 Å². The van der Waals surface area contributed by atoms with Gasteiger partial charge in [0, 0.05) is 10.6 Å². The highest BCUT2D eigenvalue weighted by Crippen LogP contribution is 2.32. The quantitative estimate of drug-likeness (QED) is 0.845. The van der Waals surface area contributed by atoms with Crippen LogP contribution in [0, 0.1) is 27.7 Å². The minimum atomic E-state index is -4.45. The molecule has 0 amide bonds. The maximum absolute atomic E-state index is 12.3. The maximum Gasteiger partial charge on any atom is 0.400 e. The number of rotatable bonds is 2. The summed E-state index contributed by atoms with van der Waals surface area (Å²) in [5.41, 5.74) is 9.00. The molecule has 0 fully saturated rings. The molecule has 0 aromatic heterocycles. The van der Waals surface area contributed by atoms with Gasteiger partial charge >= 0.3 is 6.18 Å². The van der Waals surface area contributed by atoms with Gasteiger partial charge in [-0.2, -0.15) is 13.2 Å². The fourth-order valence-electron chi connectivity index (χ4n) is 1.90. The zero-order chi connectivity index (χ0) is 14.2. The van der Waals surface area contributed by atoms with E-state index in [9.17, 15) is 17.4 Å². The predicted octanol–water partition coefficient (Wildman–Crippen LogP) is 3.17. The van der Waals surface area contributed by atoms with E-state index in [1.54, 1.807) is 27.7 Å². The molecule has 0 aliphatic carbocycles. The number of alkyl halides is 3. The SMILES string of the molecule is Cc1c(C)c(N)c(C)c(S(=O)CC(F)(F)F)c1C. The summed E-state index contributed by atoms with van der Waals surface area (Å²) in [6.45, 7) is 6.87. The Bertz CT molecular complexity index is 480. The molecule has 0 radical (unpaired) electrons. The minimum Gasteiger partial charge on any atom is -0.398 e. The molecule has 0 aliphatic rings. The Hall–Kier alpha value is -1.04. The molecule has 0 saturated heterocycles. The second-order valence-corrected chi connectivity index (χ2v) is 5.74. The number of nitrogen functional groups attached to an aromatic ring is 1. The Kier molecular flexibility index (Phi) is 4.10. The van der Waals surface area contributed by atoms with Gasteiger partial charge in [-0.25, -0.2) is 0 Å². The summed E-state index contributed by atoms with van der Waals surface area (Å²) in [7, 11) is -2.11. The topological polar surface area (TPSA) is 43.1 Å². The molecule has 6 heteroatoms. The van der Waals surface area contributed by atoms with Gasteiger partial charge in [0.15, 0.2) is 0 Å². The first kappa shape index (κ1) is 15.0. The van der Waals surface area contributed by atoms with Crippen LogP contribution in [0.25, 0.3) is 0 Å². The number of benzene rings is 1. The molecular formula is C12H16F3NOS. The molecule has 1 unspecified atom stereocenters. The molecular weight excluding hydrogens is 263 g/mol. The van der Waals surface area contributed by atoms with Crippen molar-refractivity contribution in [2.45, 2.75) is 38.8 Å². The van der Waals surface area contributed by atoms with Crippen LogP contribution >= 0.6 is 0 Å². The van der Waals surface area contributed by atoms with Crippen LogP contribution in [-0.2, 0) is 10.8 Å². The fourth-order valence-corrected chi connectivity index (χ4v) is 3.29. The minimum absolute atomic E-state index is 0.216. The van der Waals surface area contributed by atoms with Gasteiger partial charge in [0.05, 0.1) is 10.8 Å². The van der Waals surface area contributed by atoms with Crippen LogP contribution < -0.4 is 5.73 Å². The van der Waals surface area contributed by atoms with E-state index in [0.29, 0.717) is 16.8 Å². The lowest BCUT2D eigenvalue weighted by Gasteiger charge is -2.18. The van der Waals surface area contributed by atoms with Crippen molar-refractivity contribution in [3.05, 3.63) is 22.3 Å². The van der Waals surface area contributed by atoms with Gasteiger partial charge in [-0.3, -0.25) is 4.21 Å². The highest BCUT2D eigenvalue weighted by atomic mass is 32.2. The zero-order valence-electron chi connectivity index (χ0n) is 10.7. The second kappa shape index (κ2) is 4.91. The molecule has 102 valence electrons. The van der Waals surface area contributed by atoms with Gasteiger partial charge in [0.2, 0.25) is 0 Å². The molecule has 1 aromatic rings. The molecule has 0 bridgehead atoms. The van der Waals surface area contributed by atoms with Crippen molar-refractivity contribution in [3.8, 4) is 0 Å². The Balaban J connectivity index is 3.38. The first-order chi connectivity index (χ1) is 8.06. The molecule has 0 heterocycles. The standard InChI is InChI=1S/C12H16F3NOS/c1-6-7(2)10(16)9(4)11(8(6)3)18(17)5-12(13,14)15/h5,16H2,1-4H3. The summed E-state index contributed by atoms with van der Waals surface area (Å²) in [6, 6.07) is 0. The third-order valence-corrected chi connectivity index (χ3v) is 4.79. The lowest BCUT2D eigenvalue weighted by Crippen LogP contribution is -2.20. The Morgan fingerprint density at radius 2 is 1.50 bits per heavy atom. The summed E-state index contributed by atoms with van der Waals surface area (Å²) in [5, 5.41) is 0. The average Bonchev–Trinajstić information content (AvgIpc) is 2.21. The van der Waals surface area contributed by atoms with E-state index >= 15 is 0 Å². The fraction of sp³-hybridized carbons (Fsp3) is 0.500. The van der Waals surface area contributed by atoms with Crippen LogP contribution in [0.15, 0.2) is 4.90 Å². The van der Waals surface area contributed by atoms with Crippen LogP contribution in [0.1, 0.15) is 22.3 Å². The lowest BCUT2D eigenvalue weighted by molar-refractivity contribution is -0.105. The van der Waals surface area contributed by atoms with E-state index in [0.717, 1.165) is 11.1 Å².